The first-order valence-corrected chi connectivity index (χ1v) is 5.75. The molecule has 1 aromatic rings. The highest BCUT2D eigenvalue weighted by Gasteiger charge is 2.10. The molecule has 0 radical (unpaired) electrons. The molecule has 6 heteroatoms. The van der Waals surface area contributed by atoms with Crippen LogP contribution >= 0.6 is 22.6 Å². The Morgan fingerprint density at radius 1 is 1.73 bits per heavy atom. The molecule has 0 fully saturated rings. The van der Waals surface area contributed by atoms with Crippen LogP contribution in [0.15, 0.2) is 11.1 Å². The summed E-state index contributed by atoms with van der Waals surface area (Å²) in [7, 11) is 1.65. The van der Waals surface area contributed by atoms with Crippen molar-refractivity contribution in [2.75, 3.05) is 19.0 Å². The number of aromatic amines is 1. The molecule has 0 saturated heterocycles. The smallest absolute Gasteiger partial charge is 0.266 e. The van der Waals surface area contributed by atoms with Gasteiger partial charge in [-0.2, -0.15) is 0 Å². The third-order valence-corrected chi connectivity index (χ3v) is 3.00. The second kappa shape index (κ2) is 6.06. The average Bonchev–Trinajstić information content (AvgIpc) is 2.24. The molecule has 5 nitrogen and oxygen atoms in total. The molecule has 1 unspecified atom stereocenters. The van der Waals surface area contributed by atoms with Gasteiger partial charge in [0.2, 0.25) is 0 Å². The van der Waals surface area contributed by atoms with E-state index in [2.05, 4.69) is 22.2 Å². The van der Waals surface area contributed by atoms with Crippen LogP contribution in [0.25, 0.3) is 0 Å². The van der Waals surface area contributed by atoms with Gasteiger partial charge in [0.05, 0.1) is 19.0 Å². The molecule has 1 rings (SSSR count). The number of ether oxygens (including phenoxy) is 1. The topological polar surface area (TPSA) is 67.0 Å². The summed E-state index contributed by atoms with van der Waals surface area (Å²) >= 11 is 1.97. The van der Waals surface area contributed by atoms with Gasteiger partial charge in [-0.05, 0) is 29.0 Å². The lowest BCUT2D eigenvalue weighted by atomic mass is 10.2. The van der Waals surface area contributed by atoms with Crippen molar-refractivity contribution in [3.8, 4) is 0 Å². The quantitative estimate of drug-likeness (QED) is 0.800. The molecule has 0 saturated carbocycles. The number of hydrogen-bond acceptors (Lipinski definition) is 4. The number of nitrogens with zero attached hydrogens (tertiary/aromatic N) is 1. The van der Waals surface area contributed by atoms with E-state index >= 15 is 0 Å². The first-order valence-electron chi connectivity index (χ1n) is 4.67. The number of nitrogens with one attached hydrogen (secondary N) is 2. The highest BCUT2D eigenvalue weighted by atomic mass is 127. The fourth-order valence-corrected chi connectivity index (χ4v) is 1.59. The van der Waals surface area contributed by atoms with Crippen LogP contribution < -0.4 is 10.9 Å². The van der Waals surface area contributed by atoms with Gasteiger partial charge in [0.25, 0.3) is 5.56 Å². The molecule has 0 aliphatic carbocycles. The van der Waals surface area contributed by atoms with E-state index in [-0.39, 0.29) is 11.6 Å². The molecule has 0 bridgehead atoms. The average molecular weight is 323 g/mol. The van der Waals surface area contributed by atoms with E-state index in [0.717, 1.165) is 6.42 Å². The summed E-state index contributed by atoms with van der Waals surface area (Å²) in [5.74, 6) is 0.614. The van der Waals surface area contributed by atoms with Crippen molar-refractivity contribution in [2.45, 2.75) is 19.4 Å². The van der Waals surface area contributed by atoms with E-state index in [1.165, 1.54) is 6.33 Å². The number of aromatic nitrogens is 2. The molecule has 84 valence electrons. The third kappa shape index (κ3) is 3.45. The second-order valence-corrected chi connectivity index (χ2v) is 4.18. The normalized spacial score (nSPS) is 12.5. The minimum atomic E-state index is -0.125. The summed E-state index contributed by atoms with van der Waals surface area (Å²) in [6.45, 7) is 2.65. The largest absolute Gasteiger partial charge is 0.383 e. The summed E-state index contributed by atoms with van der Waals surface area (Å²) in [6, 6.07) is 0.179. The van der Waals surface area contributed by atoms with E-state index in [9.17, 15) is 4.79 Å². The Balaban J connectivity index is 2.79. The molecular formula is C9H14IN3O2. The number of rotatable bonds is 5. The van der Waals surface area contributed by atoms with Crippen molar-refractivity contribution in [1.29, 1.82) is 0 Å². The molecular weight excluding hydrogens is 309 g/mol. The summed E-state index contributed by atoms with van der Waals surface area (Å²) in [4.78, 5) is 17.9. The van der Waals surface area contributed by atoms with Gasteiger partial charge in [0, 0.05) is 7.11 Å². The van der Waals surface area contributed by atoms with Crippen molar-refractivity contribution in [1.82, 2.24) is 9.97 Å². The highest BCUT2D eigenvalue weighted by Crippen LogP contribution is 2.11. The van der Waals surface area contributed by atoms with Gasteiger partial charge in [-0.25, -0.2) is 4.98 Å². The fraction of sp³-hybridized carbons (Fsp3) is 0.556. The predicted molar refractivity (Wildman–Crippen MR) is 67.2 cm³/mol. The lowest BCUT2D eigenvalue weighted by Crippen LogP contribution is -2.26. The zero-order chi connectivity index (χ0) is 11.3. The molecule has 0 spiro atoms. The molecule has 2 N–H and O–H groups in total. The summed E-state index contributed by atoms with van der Waals surface area (Å²) in [5, 5.41) is 3.18. The molecule has 15 heavy (non-hydrogen) atoms. The van der Waals surface area contributed by atoms with Crippen LogP contribution in [0, 0.1) is 3.57 Å². The second-order valence-electron chi connectivity index (χ2n) is 3.10. The number of anilines is 1. The number of hydrogen-bond donors (Lipinski definition) is 2. The maximum Gasteiger partial charge on any atom is 0.266 e. The zero-order valence-electron chi connectivity index (χ0n) is 8.71. The Kier molecular flexibility index (Phi) is 5.03. The minimum Gasteiger partial charge on any atom is -0.383 e. The molecule has 1 heterocycles. The van der Waals surface area contributed by atoms with E-state index in [1.54, 1.807) is 7.11 Å². The third-order valence-electron chi connectivity index (χ3n) is 2.00. The SMILES string of the molecule is CCC(COC)Nc1nc[nH]c(=O)c1I. The molecule has 1 aromatic heterocycles. The van der Waals surface area contributed by atoms with Gasteiger partial charge in [-0.3, -0.25) is 4.79 Å². The van der Waals surface area contributed by atoms with Crippen LogP contribution in [0.1, 0.15) is 13.3 Å². The van der Waals surface area contributed by atoms with Crippen molar-refractivity contribution >= 4 is 28.4 Å². The maximum atomic E-state index is 11.3. The van der Waals surface area contributed by atoms with E-state index in [4.69, 9.17) is 4.74 Å². The fourth-order valence-electron chi connectivity index (χ4n) is 1.14. The van der Waals surface area contributed by atoms with Gasteiger partial charge in [0.15, 0.2) is 0 Å². The number of H-pyrrole nitrogens is 1. The Bertz CT molecular complexity index is 367. The summed E-state index contributed by atoms with van der Waals surface area (Å²) in [6.07, 6.45) is 2.31. The van der Waals surface area contributed by atoms with Crippen LogP contribution in [-0.2, 0) is 4.74 Å². The van der Waals surface area contributed by atoms with Crippen LogP contribution in [0.2, 0.25) is 0 Å². The Hall–Kier alpha value is -0.630. The minimum absolute atomic E-state index is 0.125. The molecule has 0 amide bonds. The standard InChI is InChI=1S/C9H14IN3O2/c1-3-6(4-15-2)13-8-7(10)9(14)12-5-11-8/h5-6H,3-4H2,1-2H3,(H2,11,12,13,14). The number of halogens is 1. The lowest BCUT2D eigenvalue weighted by Gasteiger charge is -2.16. The molecule has 0 aliphatic rings. The van der Waals surface area contributed by atoms with Gasteiger partial charge < -0.3 is 15.0 Å². The zero-order valence-corrected chi connectivity index (χ0v) is 10.9. The van der Waals surface area contributed by atoms with Gasteiger partial charge in [-0.1, -0.05) is 6.92 Å². The molecule has 0 aromatic carbocycles. The van der Waals surface area contributed by atoms with Crippen LogP contribution in [0.5, 0.6) is 0 Å². The van der Waals surface area contributed by atoms with Crippen LogP contribution in [-0.4, -0.2) is 29.7 Å². The van der Waals surface area contributed by atoms with Gasteiger partial charge >= 0.3 is 0 Å². The molecule has 1 atom stereocenters. The first kappa shape index (κ1) is 12.4. The predicted octanol–water partition coefficient (Wildman–Crippen LogP) is 1.21. The highest BCUT2D eigenvalue weighted by molar-refractivity contribution is 14.1. The van der Waals surface area contributed by atoms with E-state index in [1.807, 2.05) is 22.6 Å². The van der Waals surface area contributed by atoms with Crippen molar-refractivity contribution in [2.24, 2.45) is 0 Å². The van der Waals surface area contributed by atoms with E-state index < -0.39 is 0 Å². The van der Waals surface area contributed by atoms with Crippen molar-refractivity contribution < 1.29 is 4.74 Å². The Labute approximate surface area is 102 Å². The lowest BCUT2D eigenvalue weighted by molar-refractivity contribution is 0.184. The summed E-state index contributed by atoms with van der Waals surface area (Å²) in [5.41, 5.74) is -0.125. The van der Waals surface area contributed by atoms with Crippen LogP contribution in [0.4, 0.5) is 5.82 Å². The molecule has 0 aliphatic heterocycles. The number of methoxy groups -OCH3 is 1. The van der Waals surface area contributed by atoms with E-state index in [0.29, 0.717) is 16.0 Å². The van der Waals surface area contributed by atoms with Gasteiger partial charge in [-0.15, -0.1) is 0 Å². The maximum absolute atomic E-state index is 11.3. The van der Waals surface area contributed by atoms with Gasteiger partial charge in [0.1, 0.15) is 9.39 Å². The first-order chi connectivity index (χ1) is 7.19. The van der Waals surface area contributed by atoms with Crippen molar-refractivity contribution in [3.63, 3.8) is 0 Å². The Morgan fingerprint density at radius 2 is 2.47 bits per heavy atom. The Morgan fingerprint density at radius 3 is 3.07 bits per heavy atom. The monoisotopic (exact) mass is 323 g/mol. The van der Waals surface area contributed by atoms with Crippen molar-refractivity contribution in [3.05, 3.63) is 20.3 Å². The summed E-state index contributed by atoms with van der Waals surface area (Å²) < 4.78 is 5.63. The van der Waals surface area contributed by atoms with Crippen LogP contribution in [0.3, 0.4) is 0 Å².